The molecule has 0 aliphatic carbocycles. The predicted molar refractivity (Wildman–Crippen MR) is 71.0 cm³/mol. The molecule has 6 nitrogen and oxygen atoms in total. The Morgan fingerprint density at radius 1 is 1.42 bits per heavy atom. The number of aliphatic carboxylic acids is 1. The van der Waals surface area contributed by atoms with E-state index >= 15 is 0 Å². The number of hydrogen-bond acceptors (Lipinski definition) is 4. The molecular formula is C13H24N2O4. The lowest BCUT2D eigenvalue weighted by Crippen LogP contribution is -2.51. The Kier molecular flexibility index (Phi) is 5.17. The zero-order chi connectivity index (χ0) is 14.6. The Morgan fingerprint density at radius 3 is 2.58 bits per heavy atom. The molecule has 1 aliphatic heterocycles. The van der Waals surface area contributed by atoms with E-state index in [-0.39, 0.29) is 18.4 Å². The van der Waals surface area contributed by atoms with Gasteiger partial charge in [-0.1, -0.05) is 0 Å². The maximum absolute atomic E-state index is 11.7. The summed E-state index contributed by atoms with van der Waals surface area (Å²) in [4.78, 5) is 24.7. The average molecular weight is 272 g/mol. The van der Waals surface area contributed by atoms with Crippen molar-refractivity contribution in [1.82, 2.24) is 10.2 Å². The molecule has 2 atom stereocenters. The van der Waals surface area contributed by atoms with Crippen LogP contribution in [0.4, 0.5) is 4.79 Å². The first kappa shape index (κ1) is 15.8. The highest BCUT2D eigenvalue weighted by molar-refractivity contribution is 5.69. The lowest BCUT2D eigenvalue weighted by atomic mass is 9.89. The van der Waals surface area contributed by atoms with Gasteiger partial charge in [0.2, 0.25) is 0 Å². The van der Waals surface area contributed by atoms with Crippen LogP contribution >= 0.6 is 0 Å². The van der Waals surface area contributed by atoms with E-state index in [1.165, 1.54) is 0 Å². The zero-order valence-electron chi connectivity index (χ0n) is 12.1. The molecule has 1 fully saturated rings. The van der Waals surface area contributed by atoms with Crippen molar-refractivity contribution in [3.63, 3.8) is 0 Å². The maximum Gasteiger partial charge on any atom is 0.407 e. The second-order valence-electron chi connectivity index (χ2n) is 6.16. The Morgan fingerprint density at radius 2 is 2.05 bits per heavy atom. The number of ether oxygens (including phenoxy) is 1. The first-order valence-electron chi connectivity index (χ1n) is 6.57. The van der Waals surface area contributed by atoms with Gasteiger partial charge in [-0.05, 0) is 40.8 Å². The van der Waals surface area contributed by atoms with Crippen molar-refractivity contribution in [2.24, 2.45) is 5.92 Å². The number of carbonyl (C=O) groups excluding carboxylic acids is 1. The number of hydrogen-bond donors (Lipinski definition) is 2. The first-order chi connectivity index (χ1) is 8.67. The minimum atomic E-state index is -0.837. The summed E-state index contributed by atoms with van der Waals surface area (Å²) in [6.45, 7) is 6.92. The Hall–Kier alpha value is -1.30. The van der Waals surface area contributed by atoms with Crippen LogP contribution in [0.25, 0.3) is 0 Å². The molecule has 0 radical (unpaired) electrons. The number of carboxylic acids is 1. The standard InChI is InChI=1S/C13H24N2O4/c1-13(2,3)19-12(18)14-10-5-6-15(4)8-9(10)7-11(16)17/h9-10H,5-8H2,1-4H3,(H,14,18)(H,16,17). The van der Waals surface area contributed by atoms with Crippen LogP contribution in [0.3, 0.4) is 0 Å². The summed E-state index contributed by atoms with van der Waals surface area (Å²) in [6.07, 6.45) is 0.329. The number of carboxylic acid groups (broad SMARTS) is 1. The van der Waals surface area contributed by atoms with Crippen molar-refractivity contribution in [3.8, 4) is 0 Å². The summed E-state index contributed by atoms with van der Waals surface area (Å²) in [7, 11) is 1.96. The second-order valence-corrected chi connectivity index (χ2v) is 6.16. The molecule has 1 aliphatic rings. The van der Waals surface area contributed by atoms with Crippen LogP contribution in [0.1, 0.15) is 33.6 Å². The largest absolute Gasteiger partial charge is 0.481 e. The van der Waals surface area contributed by atoms with Gasteiger partial charge in [0.1, 0.15) is 5.60 Å². The monoisotopic (exact) mass is 272 g/mol. The smallest absolute Gasteiger partial charge is 0.407 e. The van der Waals surface area contributed by atoms with E-state index in [1.807, 2.05) is 7.05 Å². The average Bonchev–Trinajstić information content (AvgIpc) is 2.18. The molecular weight excluding hydrogens is 248 g/mol. The van der Waals surface area contributed by atoms with Gasteiger partial charge >= 0.3 is 12.1 Å². The van der Waals surface area contributed by atoms with Gasteiger partial charge in [-0.25, -0.2) is 4.79 Å². The fourth-order valence-electron chi connectivity index (χ4n) is 2.29. The number of rotatable bonds is 3. The van der Waals surface area contributed by atoms with E-state index < -0.39 is 17.7 Å². The molecule has 6 heteroatoms. The molecule has 0 aromatic rings. The summed E-state index contributed by atoms with van der Waals surface area (Å²) in [5.41, 5.74) is -0.544. The number of alkyl carbamates (subject to hydrolysis) is 1. The summed E-state index contributed by atoms with van der Waals surface area (Å²) in [5.74, 6) is -0.917. The van der Waals surface area contributed by atoms with Crippen LogP contribution < -0.4 is 5.32 Å². The quantitative estimate of drug-likeness (QED) is 0.809. The van der Waals surface area contributed by atoms with Gasteiger partial charge in [-0.2, -0.15) is 0 Å². The van der Waals surface area contributed by atoms with Crippen molar-refractivity contribution >= 4 is 12.1 Å². The molecule has 1 amide bonds. The number of nitrogens with zero attached hydrogens (tertiary/aromatic N) is 1. The lowest BCUT2D eigenvalue weighted by Gasteiger charge is -2.36. The van der Waals surface area contributed by atoms with Crippen LogP contribution in [0.2, 0.25) is 0 Å². The number of piperidine rings is 1. The van der Waals surface area contributed by atoms with Crippen LogP contribution in [0, 0.1) is 5.92 Å². The maximum atomic E-state index is 11.7. The third-order valence-electron chi connectivity index (χ3n) is 3.08. The van der Waals surface area contributed by atoms with Gasteiger partial charge < -0.3 is 20.1 Å². The van der Waals surface area contributed by atoms with Crippen molar-refractivity contribution in [2.45, 2.75) is 45.3 Å². The van der Waals surface area contributed by atoms with Crippen LogP contribution in [-0.2, 0) is 9.53 Å². The Bertz CT molecular complexity index is 338. The zero-order valence-corrected chi connectivity index (χ0v) is 12.1. The highest BCUT2D eigenvalue weighted by atomic mass is 16.6. The van der Waals surface area contributed by atoms with E-state index in [2.05, 4.69) is 10.2 Å². The van der Waals surface area contributed by atoms with E-state index in [0.29, 0.717) is 6.54 Å². The summed E-state index contributed by atoms with van der Waals surface area (Å²) >= 11 is 0. The summed E-state index contributed by atoms with van der Waals surface area (Å²) in [5, 5.41) is 11.7. The number of likely N-dealkylation sites (tertiary alicyclic amines) is 1. The molecule has 1 saturated heterocycles. The summed E-state index contributed by atoms with van der Waals surface area (Å²) < 4.78 is 5.21. The van der Waals surface area contributed by atoms with Crippen LogP contribution in [0.15, 0.2) is 0 Å². The third kappa shape index (κ3) is 5.92. The first-order valence-corrected chi connectivity index (χ1v) is 6.57. The van der Waals surface area contributed by atoms with Gasteiger partial charge in [-0.15, -0.1) is 0 Å². The molecule has 0 bridgehead atoms. The van der Waals surface area contributed by atoms with Gasteiger partial charge in [0.15, 0.2) is 0 Å². The number of amides is 1. The second kappa shape index (κ2) is 6.23. The molecule has 1 rings (SSSR count). The van der Waals surface area contributed by atoms with Gasteiger partial charge in [0.05, 0.1) is 6.42 Å². The van der Waals surface area contributed by atoms with Gasteiger partial charge in [-0.3, -0.25) is 4.79 Å². The van der Waals surface area contributed by atoms with Crippen molar-refractivity contribution < 1.29 is 19.4 Å². The number of carbonyl (C=O) groups is 2. The molecule has 0 aromatic heterocycles. The molecule has 2 N–H and O–H groups in total. The Labute approximate surface area is 114 Å². The molecule has 0 saturated carbocycles. The minimum Gasteiger partial charge on any atom is -0.481 e. The molecule has 19 heavy (non-hydrogen) atoms. The number of nitrogens with one attached hydrogen (secondary N) is 1. The Balaban J connectivity index is 2.58. The van der Waals surface area contributed by atoms with Gasteiger partial charge in [0, 0.05) is 18.5 Å². The normalized spacial score (nSPS) is 24.8. The van der Waals surface area contributed by atoms with Gasteiger partial charge in [0.25, 0.3) is 0 Å². The highest BCUT2D eigenvalue weighted by Crippen LogP contribution is 2.20. The highest BCUT2D eigenvalue weighted by Gasteiger charge is 2.31. The van der Waals surface area contributed by atoms with E-state index in [4.69, 9.17) is 9.84 Å². The van der Waals surface area contributed by atoms with Crippen LogP contribution in [-0.4, -0.2) is 53.8 Å². The van der Waals surface area contributed by atoms with E-state index in [0.717, 1.165) is 13.0 Å². The minimum absolute atomic E-state index is 0.0603. The SMILES string of the molecule is CN1CCC(NC(=O)OC(C)(C)C)C(CC(=O)O)C1. The topological polar surface area (TPSA) is 78.9 Å². The molecule has 0 aromatic carbocycles. The fourth-order valence-corrected chi connectivity index (χ4v) is 2.29. The van der Waals surface area contributed by atoms with Crippen molar-refractivity contribution in [2.75, 3.05) is 20.1 Å². The van der Waals surface area contributed by atoms with Crippen molar-refractivity contribution in [1.29, 1.82) is 0 Å². The fraction of sp³-hybridized carbons (Fsp3) is 0.846. The molecule has 2 unspecified atom stereocenters. The van der Waals surface area contributed by atoms with E-state index in [1.54, 1.807) is 20.8 Å². The molecule has 0 spiro atoms. The van der Waals surface area contributed by atoms with E-state index in [9.17, 15) is 9.59 Å². The predicted octanol–water partition coefficient (Wildman–Crippen LogP) is 1.31. The summed E-state index contributed by atoms with van der Waals surface area (Å²) in [6, 6.07) is -0.137. The molecule has 1 heterocycles. The van der Waals surface area contributed by atoms with Crippen molar-refractivity contribution in [3.05, 3.63) is 0 Å². The third-order valence-corrected chi connectivity index (χ3v) is 3.08. The van der Waals surface area contributed by atoms with Crippen LogP contribution in [0.5, 0.6) is 0 Å². The lowest BCUT2D eigenvalue weighted by molar-refractivity contribution is -0.138. The molecule has 110 valence electrons.